The number of halogens is 8. The Kier molecular flexibility index (Phi) is 15.9. The van der Waals surface area contributed by atoms with Gasteiger partial charge in [-0.3, -0.25) is 0 Å². The summed E-state index contributed by atoms with van der Waals surface area (Å²) in [5.74, 6) is 0.0435. The Balaban J connectivity index is 0.000000170. The second-order valence-corrected chi connectivity index (χ2v) is 23.1. The van der Waals surface area contributed by atoms with E-state index in [1.54, 1.807) is 24.3 Å². The molecule has 0 atom stereocenters. The predicted octanol–water partition coefficient (Wildman–Crippen LogP) is 16.4. The largest absolute Gasteiger partial charge is 0.478 e. The Morgan fingerprint density at radius 1 is 0.605 bits per heavy atom. The van der Waals surface area contributed by atoms with Gasteiger partial charge in [-0.15, -0.1) is 22.7 Å². The zero-order chi connectivity index (χ0) is 56.9. The number of benzene rings is 4. The van der Waals surface area contributed by atoms with Crippen LogP contribution in [0, 0.1) is 6.57 Å². The van der Waals surface area contributed by atoms with Crippen molar-refractivity contribution in [3.05, 3.63) is 145 Å². The lowest BCUT2D eigenvalue weighted by Crippen LogP contribution is -2.34. The molecule has 4 saturated carbocycles. The number of aromatic nitrogens is 4. The van der Waals surface area contributed by atoms with Gasteiger partial charge in [-0.05, 0) is 107 Å². The number of carboxylic acids is 1. The number of carbonyl (C=O) groups is 1. The number of nitrogens with zero attached hydrogens (tertiary/aromatic N) is 5. The molecular weight excluding hydrogens is 1110 g/mol. The van der Waals surface area contributed by atoms with Crippen molar-refractivity contribution in [2.75, 3.05) is 0 Å². The zero-order valence-electron chi connectivity index (χ0n) is 42.9. The summed E-state index contributed by atoms with van der Waals surface area (Å²) < 4.78 is 136. The SMILES string of the molecule is O=C(O)c1ccc2nc(C3(O)CCC(OCc4c(-c5c(C(F)F)cccc5C(F)F)noc4C4CC4)CC3)sc2c1.[C-]#[N+]c1ccc2nc(C3(O)CCC(OCc4c(-c5c(C(F)F)cccc5C(F)F)noc4C4CC4)CC3)sc2c1. The first kappa shape index (κ1) is 56.2. The first-order valence-corrected chi connectivity index (χ1v) is 28.0. The van der Waals surface area contributed by atoms with Crippen molar-refractivity contribution in [1.29, 1.82) is 0 Å². The number of hydrogen-bond acceptors (Lipinski definition) is 13. The highest BCUT2D eigenvalue weighted by Gasteiger charge is 2.42. The molecule has 424 valence electrons. The van der Waals surface area contributed by atoms with Gasteiger partial charge < -0.3 is 33.8 Å². The molecule has 3 N–H and O–H groups in total. The van der Waals surface area contributed by atoms with Crippen molar-refractivity contribution < 1.29 is 73.8 Å². The second kappa shape index (κ2) is 22.9. The molecule has 0 aliphatic heterocycles. The van der Waals surface area contributed by atoms with Gasteiger partial charge in [-0.25, -0.2) is 54.7 Å². The van der Waals surface area contributed by atoms with Crippen LogP contribution in [0.4, 0.5) is 40.8 Å². The average molecular weight is 1160 g/mol. The van der Waals surface area contributed by atoms with Gasteiger partial charge in [0.05, 0.1) is 53.3 Å². The molecule has 4 aromatic carbocycles. The van der Waals surface area contributed by atoms with Crippen LogP contribution in [-0.2, 0) is 33.9 Å². The van der Waals surface area contributed by atoms with Gasteiger partial charge in [-0.1, -0.05) is 52.8 Å². The minimum Gasteiger partial charge on any atom is -0.478 e. The Bertz CT molecular complexity index is 3590. The van der Waals surface area contributed by atoms with Crippen LogP contribution in [0.2, 0.25) is 0 Å². The van der Waals surface area contributed by atoms with Crippen molar-refractivity contribution in [2.45, 2.75) is 151 Å². The normalized spacial score (nSPS) is 21.3. The van der Waals surface area contributed by atoms with E-state index in [9.17, 15) is 55.2 Å². The molecule has 23 heteroatoms. The maximum Gasteiger partial charge on any atom is 0.335 e. The Hall–Kier alpha value is -6.68. The summed E-state index contributed by atoms with van der Waals surface area (Å²) in [7, 11) is 0. The fraction of sp³-hybridized carbons (Fsp3) is 0.414. The number of ether oxygens (including phenoxy) is 2. The number of hydrogen-bond donors (Lipinski definition) is 3. The van der Waals surface area contributed by atoms with Gasteiger partial charge in [0.2, 0.25) is 0 Å². The van der Waals surface area contributed by atoms with Crippen LogP contribution < -0.4 is 0 Å². The third-order valence-electron chi connectivity index (χ3n) is 15.6. The molecule has 0 unspecified atom stereocenters. The first-order chi connectivity index (χ1) is 38.9. The molecule has 4 aliphatic carbocycles. The van der Waals surface area contributed by atoms with Crippen molar-refractivity contribution in [3.8, 4) is 22.5 Å². The molecule has 0 amide bonds. The van der Waals surface area contributed by atoms with Crippen LogP contribution in [-0.4, -0.2) is 53.8 Å². The molecule has 8 aromatic rings. The molecule has 0 spiro atoms. The van der Waals surface area contributed by atoms with E-state index in [2.05, 4.69) is 25.1 Å². The van der Waals surface area contributed by atoms with E-state index in [-0.39, 0.29) is 65.3 Å². The summed E-state index contributed by atoms with van der Waals surface area (Å²) >= 11 is 2.63. The quantitative estimate of drug-likeness (QED) is 0.0581. The highest BCUT2D eigenvalue weighted by Crippen LogP contribution is 2.50. The summed E-state index contributed by atoms with van der Waals surface area (Å²) in [6.07, 6.45) is -5.57. The van der Waals surface area contributed by atoms with Crippen LogP contribution in [0.3, 0.4) is 0 Å². The minimum atomic E-state index is -2.98. The topological polar surface area (TPSA) is 178 Å². The molecule has 0 saturated heterocycles. The van der Waals surface area contributed by atoms with Crippen molar-refractivity contribution in [1.82, 2.24) is 20.3 Å². The van der Waals surface area contributed by atoms with Crippen LogP contribution >= 0.6 is 22.7 Å². The van der Waals surface area contributed by atoms with Gasteiger partial charge in [0.15, 0.2) is 5.69 Å². The molecule has 0 radical (unpaired) electrons. The van der Waals surface area contributed by atoms with Gasteiger partial charge in [0, 0.05) is 61.0 Å². The molecule has 4 heterocycles. The monoisotopic (exact) mass is 1160 g/mol. The highest BCUT2D eigenvalue weighted by atomic mass is 32.1. The van der Waals surface area contributed by atoms with E-state index >= 15 is 0 Å². The third kappa shape index (κ3) is 11.6. The number of thiazole rings is 2. The van der Waals surface area contributed by atoms with Crippen LogP contribution in [0.15, 0.2) is 81.8 Å². The highest BCUT2D eigenvalue weighted by molar-refractivity contribution is 7.19. The average Bonchev–Trinajstić information content (AvgIpc) is 4.40. The fourth-order valence-corrected chi connectivity index (χ4v) is 13.1. The summed E-state index contributed by atoms with van der Waals surface area (Å²) in [5, 5.41) is 41.1. The van der Waals surface area contributed by atoms with Crippen LogP contribution in [0.1, 0.15) is 180 Å². The number of alkyl halides is 8. The predicted molar refractivity (Wildman–Crippen MR) is 282 cm³/mol. The zero-order valence-corrected chi connectivity index (χ0v) is 44.5. The third-order valence-corrected chi connectivity index (χ3v) is 18.0. The Labute approximate surface area is 465 Å². The molecular formula is C58H51F8N5O8S2. The fourth-order valence-electron chi connectivity index (χ4n) is 10.8. The molecule has 4 fully saturated rings. The Morgan fingerprint density at radius 2 is 1.00 bits per heavy atom. The van der Waals surface area contributed by atoms with Crippen molar-refractivity contribution in [2.24, 2.45) is 0 Å². The summed E-state index contributed by atoms with van der Waals surface area (Å²) in [6.45, 7) is 7.14. The summed E-state index contributed by atoms with van der Waals surface area (Å²) in [6, 6.07) is 16.8. The first-order valence-electron chi connectivity index (χ1n) is 26.4. The summed E-state index contributed by atoms with van der Waals surface area (Å²) in [5.41, 5.74) is -2.24. The lowest BCUT2D eigenvalue weighted by Gasteiger charge is -2.34. The number of fused-ring (bicyclic) bond motifs is 2. The molecule has 4 aliphatic rings. The number of rotatable bonds is 17. The van der Waals surface area contributed by atoms with Crippen molar-refractivity contribution >= 4 is 54.8 Å². The van der Waals surface area contributed by atoms with E-state index < -0.39 is 65.1 Å². The van der Waals surface area contributed by atoms with Crippen LogP contribution in [0.25, 0.3) is 47.8 Å². The second-order valence-electron chi connectivity index (χ2n) is 21.0. The lowest BCUT2D eigenvalue weighted by atomic mass is 9.83. The maximum atomic E-state index is 13.9. The molecule has 12 rings (SSSR count). The number of aliphatic hydroxyl groups is 2. The number of aromatic carboxylic acids is 1. The van der Waals surface area contributed by atoms with Crippen LogP contribution in [0.5, 0.6) is 0 Å². The number of carboxylic acid groups (broad SMARTS) is 1. The van der Waals surface area contributed by atoms with Crippen molar-refractivity contribution in [3.63, 3.8) is 0 Å². The summed E-state index contributed by atoms with van der Waals surface area (Å²) in [4.78, 5) is 23.9. The van der Waals surface area contributed by atoms with Gasteiger partial charge >= 0.3 is 5.97 Å². The standard InChI is InChI=1S/C29H25F4N3O3S.C29H26F4N2O5S/c1-34-16-7-8-21-22(13-16)40-28(35-21)29(37)11-9-17(10-12-29)38-14-20-24(36-39-25(20)15-5-6-15)23-18(26(30)31)3-2-4-19(23)27(32)33;30-25(31)17-2-1-3-18(26(32)33)22(17)23-19(24(40-35-23)14-4-5-14)13-39-16-8-10-29(38,11-9-16)28-34-20-7-6-15(27(36)37)12-21(20)41-28/h2-4,7-8,13,15,17,26-27,37H,5-6,9-12,14H2;1-3,6-7,12,14,16,25-26,38H,4-5,8-11,13H2,(H,36,37). The molecule has 81 heavy (non-hydrogen) atoms. The van der Waals surface area contributed by atoms with E-state index in [4.69, 9.17) is 25.1 Å². The van der Waals surface area contributed by atoms with E-state index in [0.717, 1.165) is 60.2 Å². The van der Waals surface area contributed by atoms with E-state index in [1.807, 2.05) is 0 Å². The molecule has 4 aromatic heterocycles. The van der Waals surface area contributed by atoms with E-state index in [0.29, 0.717) is 99.9 Å². The van der Waals surface area contributed by atoms with Gasteiger partial charge in [0.1, 0.15) is 44.1 Å². The molecule has 0 bridgehead atoms. The smallest absolute Gasteiger partial charge is 0.335 e. The maximum absolute atomic E-state index is 13.9. The lowest BCUT2D eigenvalue weighted by molar-refractivity contribution is -0.0641. The van der Waals surface area contributed by atoms with E-state index in [1.165, 1.54) is 46.9 Å². The van der Waals surface area contributed by atoms with Gasteiger partial charge in [0.25, 0.3) is 25.7 Å². The molecule has 13 nitrogen and oxygen atoms in total. The minimum absolute atomic E-state index is 0.0193. The van der Waals surface area contributed by atoms with Gasteiger partial charge in [-0.2, -0.15) is 0 Å². The Morgan fingerprint density at radius 3 is 1.37 bits per heavy atom.